The van der Waals surface area contributed by atoms with Crippen molar-refractivity contribution in [2.45, 2.75) is 6.04 Å². The van der Waals surface area contributed by atoms with Crippen molar-refractivity contribution < 1.29 is 4.39 Å². The molecule has 6 aromatic heterocycles. The van der Waals surface area contributed by atoms with Crippen LogP contribution in [0.4, 0.5) is 10.2 Å². The molecule has 1 aliphatic rings. The first-order valence-electron chi connectivity index (χ1n) is 10.9. The van der Waals surface area contributed by atoms with E-state index < -0.39 is 0 Å². The summed E-state index contributed by atoms with van der Waals surface area (Å²) in [5, 5.41) is 7.22. The summed E-state index contributed by atoms with van der Waals surface area (Å²) in [6.07, 6.45) is 6.80. The average Bonchev–Trinajstić information content (AvgIpc) is 3.59. The van der Waals surface area contributed by atoms with Gasteiger partial charge in [-0.2, -0.15) is 9.49 Å². The Bertz CT molecular complexity index is 1710. The highest BCUT2D eigenvalue weighted by molar-refractivity contribution is 7.14. The Hall–Kier alpha value is -4.29. The molecule has 0 unspecified atom stereocenters. The molecule has 0 aromatic carbocycles. The number of aromatic amines is 2. The van der Waals surface area contributed by atoms with Crippen LogP contribution < -0.4 is 10.6 Å². The molecule has 0 spiro atoms. The molecule has 0 radical (unpaired) electrons. The summed E-state index contributed by atoms with van der Waals surface area (Å²) in [7, 11) is 0. The van der Waals surface area contributed by atoms with Crippen molar-refractivity contribution >= 4 is 39.2 Å². The number of halogens is 1. The van der Waals surface area contributed by atoms with Crippen molar-refractivity contribution in [1.29, 1.82) is 0 Å². The van der Waals surface area contributed by atoms with Crippen molar-refractivity contribution in [3.63, 3.8) is 0 Å². The highest BCUT2D eigenvalue weighted by atomic mass is 32.1. The number of hydrogen-bond acceptors (Lipinski definition) is 9. The molecule has 4 N–H and O–H groups in total. The monoisotopic (exact) mass is 484 g/mol. The van der Waals surface area contributed by atoms with E-state index in [9.17, 15) is 4.39 Å². The van der Waals surface area contributed by atoms with Gasteiger partial charge in [0, 0.05) is 35.8 Å². The molecule has 10 nitrogen and oxygen atoms in total. The first-order valence-corrected chi connectivity index (χ1v) is 11.7. The normalized spacial score (nSPS) is 14.2. The van der Waals surface area contributed by atoms with Crippen LogP contribution in [-0.2, 0) is 0 Å². The number of thiophene rings is 1. The predicted molar refractivity (Wildman–Crippen MR) is 131 cm³/mol. The van der Waals surface area contributed by atoms with Crippen LogP contribution in [-0.4, -0.2) is 59.2 Å². The van der Waals surface area contributed by atoms with Gasteiger partial charge in [0.05, 0.1) is 35.3 Å². The Morgan fingerprint density at radius 1 is 0.914 bits per heavy atom. The van der Waals surface area contributed by atoms with Crippen LogP contribution >= 0.6 is 11.3 Å². The Morgan fingerprint density at radius 3 is 2.63 bits per heavy atom. The molecule has 7 heterocycles. The van der Waals surface area contributed by atoms with Gasteiger partial charge < -0.3 is 15.6 Å². The number of fused-ring (bicyclic) bond motifs is 2. The highest BCUT2D eigenvalue weighted by Gasteiger charge is 2.25. The van der Waals surface area contributed by atoms with Gasteiger partial charge >= 0.3 is 0 Å². The van der Waals surface area contributed by atoms with E-state index in [0.717, 1.165) is 51.7 Å². The molecule has 0 bridgehead atoms. The Morgan fingerprint density at radius 2 is 1.80 bits per heavy atom. The van der Waals surface area contributed by atoms with Crippen molar-refractivity contribution in [1.82, 2.24) is 40.1 Å². The molecule has 7 rings (SSSR count). The number of imidazole rings is 1. The van der Waals surface area contributed by atoms with Crippen molar-refractivity contribution in [2.75, 3.05) is 18.0 Å². The molecule has 6 aromatic rings. The first-order chi connectivity index (χ1) is 17.1. The maximum Gasteiger partial charge on any atom is 0.176 e. The second-order valence-electron chi connectivity index (χ2n) is 8.36. The topological polar surface area (TPSA) is 138 Å². The summed E-state index contributed by atoms with van der Waals surface area (Å²) >= 11 is 1.06. The van der Waals surface area contributed by atoms with Crippen LogP contribution in [0, 0.1) is 5.13 Å². The standard InChI is InChI=1S/C23H17FN10S/c24-18-4-3-17(35-18)12-5-26-7-16-20(12)31-23(30-16)22-21-14(32-33-22)2-1-13(29-21)15-6-27-8-19(28-15)34-9-11(25)10-34/h1-8,11H,9-10,25H2,(H,30,31)(H,32,33). The second-order valence-corrected chi connectivity index (χ2v) is 9.40. The number of pyridine rings is 2. The molecule has 1 fully saturated rings. The Kier molecular flexibility index (Phi) is 4.38. The van der Waals surface area contributed by atoms with Gasteiger partial charge in [-0.15, -0.1) is 11.3 Å². The average molecular weight is 485 g/mol. The molecule has 0 atom stereocenters. The van der Waals surface area contributed by atoms with Gasteiger partial charge in [0.25, 0.3) is 0 Å². The molecule has 0 saturated carbocycles. The van der Waals surface area contributed by atoms with Gasteiger partial charge in [-0.05, 0) is 24.3 Å². The zero-order valence-corrected chi connectivity index (χ0v) is 18.9. The van der Waals surface area contributed by atoms with Crippen LogP contribution in [0.1, 0.15) is 0 Å². The van der Waals surface area contributed by atoms with Gasteiger partial charge in [-0.1, -0.05) is 0 Å². The predicted octanol–water partition coefficient (Wildman–Crippen LogP) is 3.37. The van der Waals surface area contributed by atoms with E-state index in [1.54, 1.807) is 30.9 Å². The van der Waals surface area contributed by atoms with Crippen LogP contribution in [0.5, 0.6) is 0 Å². The van der Waals surface area contributed by atoms with Crippen LogP contribution in [0.25, 0.3) is 55.4 Å². The fourth-order valence-electron chi connectivity index (χ4n) is 4.22. The molecule has 35 heavy (non-hydrogen) atoms. The van der Waals surface area contributed by atoms with Crippen LogP contribution in [0.2, 0.25) is 0 Å². The zero-order chi connectivity index (χ0) is 23.5. The van der Waals surface area contributed by atoms with Gasteiger partial charge in [-0.3, -0.25) is 15.1 Å². The largest absolute Gasteiger partial charge is 0.352 e. The Labute approximate surface area is 201 Å². The molecule has 1 saturated heterocycles. The van der Waals surface area contributed by atoms with Gasteiger partial charge in [0.2, 0.25) is 0 Å². The van der Waals surface area contributed by atoms with Crippen molar-refractivity contribution in [2.24, 2.45) is 5.73 Å². The number of nitrogens with two attached hydrogens (primary N) is 1. The van der Waals surface area contributed by atoms with Crippen LogP contribution in [0.3, 0.4) is 0 Å². The summed E-state index contributed by atoms with van der Waals surface area (Å²) in [6, 6.07) is 7.12. The third-order valence-electron chi connectivity index (χ3n) is 5.98. The maximum atomic E-state index is 13.6. The lowest BCUT2D eigenvalue weighted by Crippen LogP contribution is -2.56. The van der Waals surface area contributed by atoms with Gasteiger partial charge in [0.1, 0.15) is 22.5 Å². The van der Waals surface area contributed by atoms with Gasteiger partial charge in [0.15, 0.2) is 16.6 Å². The molecule has 0 aliphatic carbocycles. The third-order valence-corrected chi connectivity index (χ3v) is 6.89. The van der Waals surface area contributed by atoms with E-state index in [0.29, 0.717) is 33.9 Å². The summed E-state index contributed by atoms with van der Waals surface area (Å²) < 4.78 is 13.6. The van der Waals surface area contributed by atoms with E-state index in [1.165, 1.54) is 6.07 Å². The minimum Gasteiger partial charge on any atom is -0.352 e. The third kappa shape index (κ3) is 3.33. The number of hydrogen-bond donors (Lipinski definition) is 3. The van der Waals surface area contributed by atoms with E-state index in [1.807, 2.05) is 12.1 Å². The van der Waals surface area contributed by atoms with E-state index in [-0.39, 0.29) is 11.2 Å². The first kappa shape index (κ1) is 20.1. The van der Waals surface area contributed by atoms with E-state index >= 15 is 0 Å². The summed E-state index contributed by atoms with van der Waals surface area (Å²) in [5.74, 6) is 1.32. The smallest absolute Gasteiger partial charge is 0.176 e. The number of H-pyrrole nitrogens is 2. The fraction of sp³-hybridized carbons (Fsp3) is 0.130. The van der Waals surface area contributed by atoms with E-state index in [4.69, 9.17) is 20.7 Å². The fourth-order valence-corrected chi connectivity index (χ4v) is 4.96. The van der Waals surface area contributed by atoms with Crippen molar-refractivity contribution in [3.8, 4) is 33.3 Å². The highest BCUT2D eigenvalue weighted by Crippen LogP contribution is 2.34. The maximum absolute atomic E-state index is 13.6. The molecule has 12 heteroatoms. The minimum atomic E-state index is -0.257. The molecular weight excluding hydrogens is 467 g/mol. The summed E-state index contributed by atoms with van der Waals surface area (Å²) in [5.41, 5.74) is 11.4. The van der Waals surface area contributed by atoms with Crippen LogP contribution in [0.15, 0.2) is 49.1 Å². The quantitative estimate of drug-likeness (QED) is 0.346. The molecule has 1 aliphatic heterocycles. The van der Waals surface area contributed by atoms with E-state index in [2.05, 4.69) is 30.0 Å². The lowest BCUT2D eigenvalue weighted by Gasteiger charge is -2.37. The lowest BCUT2D eigenvalue weighted by molar-refractivity contribution is 0.514. The number of anilines is 1. The lowest BCUT2D eigenvalue weighted by atomic mass is 10.1. The Balaban J connectivity index is 1.31. The second kappa shape index (κ2) is 7.61. The van der Waals surface area contributed by atoms with Gasteiger partial charge in [-0.25, -0.2) is 15.0 Å². The summed E-state index contributed by atoms with van der Waals surface area (Å²) in [4.78, 5) is 29.1. The summed E-state index contributed by atoms with van der Waals surface area (Å²) in [6.45, 7) is 1.52. The number of rotatable bonds is 4. The SMILES string of the molecule is NC1CN(c2cncc(-c3ccc4[nH]nc(-c5nc6c(-c7ccc(F)s7)cncc6[nH]5)c4n3)n2)C1. The minimum absolute atomic E-state index is 0.168. The number of nitrogens with zero attached hydrogens (tertiary/aromatic N) is 7. The number of aromatic nitrogens is 8. The zero-order valence-electron chi connectivity index (χ0n) is 18.1. The molecule has 0 amide bonds. The number of nitrogens with one attached hydrogen (secondary N) is 2. The van der Waals surface area contributed by atoms with Crippen molar-refractivity contribution in [3.05, 3.63) is 54.2 Å². The molecule has 172 valence electrons. The molecular formula is C23H17FN10S.